The SMILES string of the molecule is COC(=O)[C@]1(c2ccccc2)O[C@H]2OC=C[C@H]21. The number of carbonyl (C=O) groups excluding carboxylic acids is 1. The molecule has 4 heteroatoms. The lowest BCUT2D eigenvalue weighted by molar-refractivity contribution is -0.314. The van der Waals surface area contributed by atoms with Crippen LogP contribution in [-0.2, 0) is 24.6 Å². The van der Waals surface area contributed by atoms with Gasteiger partial charge in [-0.3, -0.25) is 0 Å². The van der Waals surface area contributed by atoms with Gasteiger partial charge in [0.25, 0.3) is 0 Å². The van der Waals surface area contributed by atoms with Crippen molar-refractivity contribution in [1.82, 2.24) is 0 Å². The Morgan fingerprint density at radius 2 is 2.12 bits per heavy atom. The summed E-state index contributed by atoms with van der Waals surface area (Å²) in [4.78, 5) is 12.0. The summed E-state index contributed by atoms with van der Waals surface area (Å²) < 4.78 is 15.7. The van der Waals surface area contributed by atoms with Crippen LogP contribution in [0.5, 0.6) is 0 Å². The highest BCUT2D eigenvalue weighted by Gasteiger charge is 2.64. The lowest BCUT2D eigenvalue weighted by Crippen LogP contribution is -2.60. The quantitative estimate of drug-likeness (QED) is 0.726. The van der Waals surface area contributed by atoms with Gasteiger partial charge in [-0.15, -0.1) is 0 Å². The number of fused-ring (bicyclic) bond motifs is 1. The summed E-state index contributed by atoms with van der Waals surface area (Å²) in [5, 5.41) is 0. The Hall–Kier alpha value is -1.81. The molecule has 0 bridgehead atoms. The molecular formula is C13H12O4. The molecule has 1 fully saturated rings. The van der Waals surface area contributed by atoms with E-state index in [1.807, 2.05) is 36.4 Å². The van der Waals surface area contributed by atoms with Crippen LogP contribution in [0.25, 0.3) is 0 Å². The minimum absolute atomic E-state index is 0.114. The highest BCUT2D eigenvalue weighted by Crippen LogP contribution is 2.51. The standard InChI is InChI=1S/C13H12O4/c1-15-12(14)13(9-5-3-2-4-6-9)10-7-8-16-11(10)17-13/h2-8,10-11H,1H3/t10-,11-,13-/m1/s1. The molecule has 2 heterocycles. The number of benzene rings is 1. The van der Waals surface area contributed by atoms with E-state index in [1.54, 1.807) is 6.26 Å². The third-order valence-corrected chi connectivity index (χ3v) is 3.25. The maximum Gasteiger partial charge on any atom is 0.343 e. The van der Waals surface area contributed by atoms with E-state index in [4.69, 9.17) is 14.2 Å². The number of esters is 1. The number of hydrogen-bond acceptors (Lipinski definition) is 4. The van der Waals surface area contributed by atoms with E-state index in [-0.39, 0.29) is 18.2 Å². The molecule has 3 rings (SSSR count). The lowest BCUT2D eigenvalue weighted by atomic mass is 9.76. The van der Waals surface area contributed by atoms with Crippen LogP contribution in [0.3, 0.4) is 0 Å². The van der Waals surface area contributed by atoms with Crippen molar-refractivity contribution in [2.45, 2.75) is 11.9 Å². The molecule has 0 saturated carbocycles. The second-order valence-corrected chi connectivity index (χ2v) is 4.07. The summed E-state index contributed by atoms with van der Waals surface area (Å²) in [6.45, 7) is 0. The van der Waals surface area contributed by atoms with E-state index in [0.717, 1.165) is 5.56 Å². The number of ether oxygens (including phenoxy) is 3. The van der Waals surface area contributed by atoms with Crippen molar-refractivity contribution in [3.63, 3.8) is 0 Å². The predicted octanol–water partition coefficient (Wildman–Crippen LogP) is 1.57. The van der Waals surface area contributed by atoms with E-state index in [0.29, 0.717) is 0 Å². The van der Waals surface area contributed by atoms with Crippen LogP contribution in [0.2, 0.25) is 0 Å². The summed E-state index contributed by atoms with van der Waals surface area (Å²) in [5.74, 6) is -0.502. The molecular weight excluding hydrogens is 220 g/mol. The van der Waals surface area contributed by atoms with E-state index in [9.17, 15) is 4.79 Å². The molecule has 0 aliphatic carbocycles. The molecule has 0 unspecified atom stereocenters. The van der Waals surface area contributed by atoms with Gasteiger partial charge in [0.05, 0.1) is 19.3 Å². The van der Waals surface area contributed by atoms with Crippen LogP contribution in [-0.4, -0.2) is 19.4 Å². The number of hydrogen-bond donors (Lipinski definition) is 0. The number of methoxy groups -OCH3 is 1. The first-order valence-corrected chi connectivity index (χ1v) is 5.43. The first-order chi connectivity index (χ1) is 8.29. The summed E-state index contributed by atoms with van der Waals surface area (Å²) in [7, 11) is 1.36. The Kier molecular flexibility index (Phi) is 2.19. The molecule has 1 aromatic carbocycles. The highest BCUT2D eigenvalue weighted by atomic mass is 16.7. The molecule has 3 atom stereocenters. The molecule has 0 spiro atoms. The topological polar surface area (TPSA) is 44.8 Å². The van der Waals surface area contributed by atoms with Gasteiger partial charge in [-0.1, -0.05) is 30.3 Å². The number of rotatable bonds is 2. The molecule has 0 N–H and O–H groups in total. The maximum absolute atomic E-state index is 12.0. The van der Waals surface area contributed by atoms with E-state index >= 15 is 0 Å². The normalized spacial score (nSPS) is 33.5. The van der Waals surface area contributed by atoms with Crippen LogP contribution in [0.1, 0.15) is 5.56 Å². The van der Waals surface area contributed by atoms with Gasteiger partial charge in [0.1, 0.15) is 0 Å². The summed E-state index contributed by atoms with van der Waals surface area (Å²) in [6, 6.07) is 9.36. The molecule has 2 aliphatic heterocycles. The first-order valence-electron chi connectivity index (χ1n) is 5.43. The first kappa shape index (κ1) is 10.4. The van der Waals surface area contributed by atoms with Gasteiger partial charge in [-0.05, 0) is 11.6 Å². The Morgan fingerprint density at radius 1 is 1.35 bits per heavy atom. The van der Waals surface area contributed by atoms with Crippen molar-refractivity contribution in [3.8, 4) is 0 Å². The fourth-order valence-corrected chi connectivity index (χ4v) is 2.40. The fourth-order valence-electron chi connectivity index (χ4n) is 2.40. The second-order valence-electron chi connectivity index (χ2n) is 4.07. The Balaban J connectivity index is 2.05. The Labute approximate surface area is 98.8 Å². The molecule has 1 saturated heterocycles. The Morgan fingerprint density at radius 3 is 2.76 bits per heavy atom. The predicted molar refractivity (Wildman–Crippen MR) is 58.7 cm³/mol. The third-order valence-electron chi connectivity index (χ3n) is 3.25. The van der Waals surface area contributed by atoms with Crippen molar-refractivity contribution in [1.29, 1.82) is 0 Å². The molecule has 4 nitrogen and oxygen atoms in total. The van der Waals surface area contributed by atoms with Crippen molar-refractivity contribution < 1.29 is 19.0 Å². The summed E-state index contributed by atoms with van der Waals surface area (Å²) in [6.07, 6.45) is 3.05. The minimum atomic E-state index is -1.05. The zero-order valence-corrected chi connectivity index (χ0v) is 9.33. The molecule has 0 aromatic heterocycles. The van der Waals surface area contributed by atoms with Gasteiger partial charge in [0, 0.05) is 0 Å². The number of carbonyl (C=O) groups is 1. The zero-order valence-electron chi connectivity index (χ0n) is 9.33. The van der Waals surface area contributed by atoms with E-state index in [1.165, 1.54) is 7.11 Å². The second kappa shape index (κ2) is 3.60. The fraction of sp³-hybridized carbons (Fsp3) is 0.308. The molecule has 17 heavy (non-hydrogen) atoms. The Bertz CT molecular complexity index is 468. The van der Waals surface area contributed by atoms with Crippen molar-refractivity contribution >= 4 is 5.97 Å². The molecule has 0 radical (unpaired) electrons. The summed E-state index contributed by atoms with van der Waals surface area (Å²) in [5.41, 5.74) is -0.253. The van der Waals surface area contributed by atoms with Gasteiger partial charge in [0.15, 0.2) is 0 Å². The van der Waals surface area contributed by atoms with Crippen molar-refractivity contribution in [3.05, 3.63) is 48.2 Å². The third kappa shape index (κ3) is 1.24. The van der Waals surface area contributed by atoms with Crippen molar-refractivity contribution in [2.24, 2.45) is 5.92 Å². The largest absolute Gasteiger partial charge is 0.472 e. The van der Waals surface area contributed by atoms with Crippen LogP contribution < -0.4 is 0 Å². The highest BCUT2D eigenvalue weighted by molar-refractivity contribution is 5.83. The lowest BCUT2D eigenvalue weighted by Gasteiger charge is -2.47. The van der Waals surface area contributed by atoms with Crippen LogP contribution in [0.15, 0.2) is 42.7 Å². The molecule has 1 aromatic rings. The van der Waals surface area contributed by atoms with Crippen molar-refractivity contribution in [2.75, 3.05) is 7.11 Å². The average Bonchev–Trinajstić information content (AvgIpc) is 2.74. The van der Waals surface area contributed by atoms with Gasteiger partial charge >= 0.3 is 5.97 Å². The van der Waals surface area contributed by atoms with Gasteiger partial charge in [-0.25, -0.2) is 4.79 Å². The van der Waals surface area contributed by atoms with Crippen LogP contribution in [0.4, 0.5) is 0 Å². The van der Waals surface area contributed by atoms with Gasteiger partial charge in [-0.2, -0.15) is 0 Å². The smallest absolute Gasteiger partial charge is 0.343 e. The van der Waals surface area contributed by atoms with Crippen LogP contribution in [0, 0.1) is 5.92 Å². The van der Waals surface area contributed by atoms with E-state index in [2.05, 4.69) is 0 Å². The average molecular weight is 232 g/mol. The molecule has 0 amide bonds. The monoisotopic (exact) mass is 232 g/mol. The van der Waals surface area contributed by atoms with Crippen LogP contribution >= 0.6 is 0 Å². The summed E-state index contributed by atoms with van der Waals surface area (Å²) >= 11 is 0. The maximum atomic E-state index is 12.0. The van der Waals surface area contributed by atoms with Gasteiger partial charge < -0.3 is 14.2 Å². The molecule has 88 valence electrons. The van der Waals surface area contributed by atoms with Gasteiger partial charge in [0.2, 0.25) is 11.9 Å². The molecule has 2 aliphatic rings. The zero-order chi connectivity index (χ0) is 11.9. The minimum Gasteiger partial charge on any atom is -0.472 e. The van der Waals surface area contributed by atoms with E-state index < -0.39 is 5.60 Å².